The van der Waals surface area contributed by atoms with Crippen LogP contribution in [-0.4, -0.2) is 38.3 Å². The number of rotatable bonds is 4. The van der Waals surface area contributed by atoms with Crippen LogP contribution in [0.4, 0.5) is 0 Å². The second kappa shape index (κ2) is 5.04. The molecular formula is C12H16N4O4. The molecule has 1 atom stereocenters. The molecule has 8 nitrogen and oxygen atoms in total. The lowest BCUT2D eigenvalue weighted by molar-refractivity contribution is 0.00718. The minimum absolute atomic E-state index is 0.0706. The summed E-state index contributed by atoms with van der Waals surface area (Å²) in [5.74, 6) is -0.734. The smallest absolute Gasteiger partial charge is 0.356 e. The van der Waals surface area contributed by atoms with Gasteiger partial charge in [0.05, 0.1) is 6.33 Å². The van der Waals surface area contributed by atoms with Crippen molar-refractivity contribution in [2.45, 2.75) is 26.9 Å². The Labute approximate surface area is 115 Å². The number of carboxylic acids is 1. The molecule has 0 bridgehead atoms. The van der Waals surface area contributed by atoms with E-state index >= 15 is 0 Å². The molecule has 0 fully saturated rings. The third-order valence-electron chi connectivity index (χ3n) is 2.75. The highest BCUT2D eigenvalue weighted by Gasteiger charge is 2.31. The Hall–Kier alpha value is -2.22. The van der Waals surface area contributed by atoms with Gasteiger partial charge in [0, 0.05) is 7.11 Å². The average molecular weight is 280 g/mol. The van der Waals surface area contributed by atoms with Crippen molar-refractivity contribution < 1.29 is 19.2 Å². The summed E-state index contributed by atoms with van der Waals surface area (Å²) in [5.41, 5.74) is -0.204. The first-order chi connectivity index (χ1) is 9.34. The van der Waals surface area contributed by atoms with Crippen LogP contribution < -0.4 is 0 Å². The summed E-state index contributed by atoms with van der Waals surface area (Å²) < 4.78 is 10.5. The van der Waals surface area contributed by atoms with Crippen LogP contribution in [0.15, 0.2) is 10.9 Å². The van der Waals surface area contributed by atoms with Crippen molar-refractivity contribution in [1.29, 1.82) is 0 Å². The van der Waals surface area contributed by atoms with Gasteiger partial charge in [-0.3, -0.25) is 0 Å². The van der Waals surface area contributed by atoms with Gasteiger partial charge >= 0.3 is 5.97 Å². The lowest BCUT2D eigenvalue weighted by Crippen LogP contribution is -2.21. The standard InChI is InChI=1S/C12H16N4O4/c1-12(2,3)8(19-4)9-15-10(20-16-9)6-7(11(17)18)14-5-13-6/h5,8H,1-4H3,(H,13,14)(H,17,18). The van der Waals surface area contributed by atoms with E-state index in [2.05, 4.69) is 20.1 Å². The average Bonchev–Trinajstić information content (AvgIpc) is 2.94. The predicted octanol–water partition coefficient (Wildman–Crippen LogP) is 1.89. The van der Waals surface area contributed by atoms with Gasteiger partial charge in [-0.15, -0.1) is 0 Å². The third kappa shape index (κ3) is 2.55. The van der Waals surface area contributed by atoms with E-state index in [1.165, 1.54) is 6.33 Å². The zero-order valence-corrected chi connectivity index (χ0v) is 11.7. The van der Waals surface area contributed by atoms with Crippen molar-refractivity contribution in [2.24, 2.45) is 5.41 Å². The fraction of sp³-hybridized carbons (Fsp3) is 0.500. The molecule has 0 aliphatic rings. The number of carbonyl (C=O) groups is 1. The minimum Gasteiger partial charge on any atom is -0.476 e. The lowest BCUT2D eigenvalue weighted by atomic mass is 9.88. The van der Waals surface area contributed by atoms with Gasteiger partial charge in [0.2, 0.25) is 5.82 Å². The van der Waals surface area contributed by atoms with Crippen LogP contribution in [0.1, 0.15) is 43.2 Å². The molecule has 2 aromatic rings. The summed E-state index contributed by atoms with van der Waals surface area (Å²) in [4.78, 5) is 21.6. The van der Waals surface area contributed by atoms with E-state index in [1.807, 2.05) is 20.8 Å². The van der Waals surface area contributed by atoms with Crippen LogP contribution in [0, 0.1) is 5.41 Å². The van der Waals surface area contributed by atoms with Crippen molar-refractivity contribution >= 4 is 5.97 Å². The van der Waals surface area contributed by atoms with E-state index in [9.17, 15) is 4.79 Å². The van der Waals surface area contributed by atoms with Gasteiger partial charge in [0.25, 0.3) is 5.89 Å². The topological polar surface area (TPSA) is 114 Å². The number of aromatic nitrogens is 4. The number of hydrogen-bond acceptors (Lipinski definition) is 6. The zero-order chi connectivity index (χ0) is 14.9. The van der Waals surface area contributed by atoms with Gasteiger partial charge in [0.1, 0.15) is 11.8 Å². The maximum Gasteiger partial charge on any atom is 0.356 e. The Morgan fingerprint density at radius 1 is 1.50 bits per heavy atom. The fourth-order valence-electron chi connectivity index (χ4n) is 1.91. The summed E-state index contributed by atoms with van der Waals surface area (Å²) in [6.07, 6.45) is 0.899. The summed E-state index contributed by atoms with van der Waals surface area (Å²) >= 11 is 0. The van der Waals surface area contributed by atoms with E-state index in [0.717, 1.165) is 0 Å². The third-order valence-corrected chi connectivity index (χ3v) is 2.75. The number of nitrogens with zero attached hydrogens (tertiary/aromatic N) is 3. The molecule has 0 radical (unpaired) electrons. The molecule has 0 spiro atoms. The largest absolute Gasteiger partial charge is 0.476 e. The first-order valence-corrected chi connectivity index (χ1v) is 5.98. The van der Waals surface area contributed by atoms with Crippen molar-refractivity contribution in [3.05, 3.63) is 17.8 Å². The number of aromatic carboxylic acids is 1. The first kappa shape index (κ1) is 14.2. The molecule has 0 saturated carbocycles. The number of aromatic amines is 1. The van der Waals surface area contributed by atoms with Crippen LogP contribution in [0.2, 0.25) is 0 Å². The molecule has 0 aliphatic carbocycles. The lowest BCUT2D eigenvalue weighted by Gasteiger charge is -2.26. The van der Waals surface area contributed by atoms with Crippen molar-refractivity contribution in [2.75, 3.05) is 7.11 Å². The van der Waals surface area contributed by atoms with Gasteiger partial charge in [0.15, 0.2) is 5.69 Å². The highest BCUT2D eigenvalue weighted by Crippen LogP contribution is 2.34. The molecule has 8 heteroatoms. The van der Waals surface area contributed by atoms with Crippen LogP contribution >= 0.6 is 0 Å². The first-order valence-electron chi connectivity index (χ1n) is 5.98. The van der Waals surface area contributed by atoms with Crippen LogP contribution in [0.25, 0.3) is 11.6 Å². The molecule has 2 N–H and O–H groups in total. The highest BCUT2D eigenvalue weighted by molar-refractivity contribution is 5.91. The van der Waals surface area contributed by atoms with Crippen LogP contribution in [0.3, 0.4) is 0 Å². The Bertz CT molecular complexity index is 611. The van der Waals surface area contributed by atoms with Crippen LogP contribution in [-0.2, 0) is 4.74 Å². The molecule has 20 heavy (non-hydrogen) atoms. The quantitative estimate of drug-likeness (QED) is 0.878. The monoisotopic (exact) mass is 280 g/mol. The number of methoxy groups -OCH3 is 1. The number of nitrogens with one attached hydrogen (secondary N) is 1. The molecular weight excluding hydrogens is 264 g/mol. The van der Waals surface area contributed by atoms with Gasteiger partial charge in [-0.1, -0.05) is 25.9 Å². The number of carboxylic acid groups (broad SMARTS) is 1. The fourth-order valence-corrected chi connectivity index (χ4v) is 1.91. The molecule has 0 aromatic carbocycles. The van der Waals surface area contributed by atoms with Crippen molar-refractivity contribution in [3.63, 3.8) is 0 Å². The van der Waals surface area contributed by atoms with E-state index in [0.29, 0.717) is 5.82 Å². The van der Waals surface area contributed by atoms with Gasteiger partial charge < -0.3 is 19.4 Å². The Kier molecular flexibility index (Phi) is 3.58. The summed E-state index contributed by atoms with van der Waals surface area (Å²) in [6.45, 7) is 5.95. The van der Waals surface area contributed by atoms with E-state index in [4.69, 9.17) is 14.4 Å². The number of hydrogen-bond donors (Lipinski definition) is 2. The second-order valence-electron chi connectivity index (χ2n) is 5.37. The van der Waals surface area contributed by atoms with Crippen LogP contribution in [0.5, 0.6) is 0 Å². The number of H-pyrrole nitrogens is 1. The SMILES string of the molecule is COC(c1noc(-c2[nH]cnc2C(=O)O)n1)C(C)(C)C. The molecule has 2 aromatic heterocycles. The molecule has 2 rings (SSSR count). The normalized spacial score (nSPS) is 13.4. The Morgan fingerprint density at radius 2 is 2.20 bits per heavy atom. The van der Waals surface area contributed by atoms with Gasteiger partial charge in [-0.05, 0) is 5.41 Å². The maximum atomic E-state index is 11.0. The maximum absolute atomic E-state index is 11.0. The van der Waals surface area contributed by atoms with Gasteiger partial charge in [-0.2, -0.15) is 4.98 Å². The van der Waals surface area contributed by atoms with E-state index in [-0.39, 0.29) is 28.8 Å². The van der Waals surface area contributed by atoms with Crippen molar-refractivity contribution in [1.82, 2.24) is 20.1 Å². The van der Waals surface area contributed by atoms with E-state index < -0.39 is 5.97 Å². The Morgan fingerprint density at radius 3 is 2.75 bits per heavy atom. The summed E-state index contributed by atoms with van der Waals surface area (Å²) in [5, 5.41) is 12.9. The highest BCUT2D eigenvalue weighted by atomic mass is 16.5. The number of imidazole rings is 1. The minimum atomic E-state index is -1.17. The van der Waals surface area contributed by atoms with Gasteiger partial charge in [-0.25, -0.2) is 9.78 Å². The molecule has 2 heterocycles. The summed E-state index contributed by atoms with van der Waals surface area (Å²) in [7, 11) is 1.56. The molecule has 1 unspecified atom stereocenters. The summed E-state index contributed by atoms with van der Waals surface area (Å²) in [6, 6.07) is 0. The second-order valence-corrected chi connectivity index (χ2v) is 5.37. The number of ether oxygens (including phenoxy) is 1. The molecule has 108 valence electrons. The van der Waals surface area contributed by atoms with Crippen molar-refractivity contribution in [3.8, 4) is 11.6 Å². The molecule has 0 aliphatic heterocycles. The Balaban J connectivity index is 2.38. The molecule has 0 saturated heterocycles. The zero-order valence-electron chi connectivity index (χ0n) is 11.7. The van der Waals surface area contributed by atoms with E-state index in [1.54, 1.807) is 7.11 Å². The predicted molar refractivity (Wildman–Crippen MR) is 68.0 cm³/mol. The molecule has 0 amide bonds.